The predicted octanol–water partition coefficient (Wildman–Crippen LogP) is 0.744. The van der Waals surface area contributed by atoms with Gasteiger partial charge in [-0.25, -0.2) is 0 Å². The number of hydrogen-bond acceptors (Lipinski definition) is 3. The molecule has 4 nitrogen and oxygen atoms in total. The van der Waals surface area contributed by atoms with Gasteiger partial charge in [-0.3, -0.25) is 0 Å². The van der Waals surface area contributed by atoms with Crippen molar-refractivity contribution in [3.8, 4) is 0 Å². The maximum atomic E-state index is 12.6. The number of aliphatic hydroxyl groups is 1. The topological polar surface area (TPSA) is 63.6 Å². The number of hydrogen-bond donors (Lipinski definition) is 1. The highest BCUT2D eigenvalue weighted by atomic mass is 19.4. The molecule has 0 aliphatic heterocycles. The van der Waals surface area contributed by atoms with Crippen molar-refractivity contribution in [1.82, 2.24) is 4.90 Å². The van der Waals surface area contributed by atoms with E-state index in [9.17, 15) is 23.1 Å². The number of carbonyl (C=O) groups is 1. The average molecular weight is 242 g/mol. The molecule has 0 saturated heterocycles. The molecule has 16 heavy (non-hydrogen) atoms. The number of nitrogens with zero attached hydrogens (tertiary/aromatic N) is 1. The molecule has 0 rings (SSSR count). The highest BCUT2D eigenvalue weighted by Gasteiger charge is 2.46. The summed E-state index contributed by atoms with van der Waals surface area (Å²) in [5.74, 6) is 0. The summed E-state index contributed by atoms with van der Waals surface area (Å²) >= 11 is 0. The van der Waals surface area contributed by atoms with E-state index < -0.39 is 36.9 Å². The summed E-state index contributed by atoms with van der Waals surface area (Å²) in [5, 5.41) is 19.3. The number of rotatable bonds is 3. The fraction of sp³-hybridized carbons (Fsp3) is 0.889. The Labute approximate surface area is 91.7 Å². The third kappa shape index (κ3) is 3.88. The van der Waals surface area contributed by atoms with Crippen LogP contribution in [0.2, 0.25) is 0 Å². The molecule has 0 fully saturated rings. The number of halogens is 3. The summed E-state index contributed by atoms with van der Waals surface area (Å²) in [6.07, 6.45) is -7.33. The number of alkyl halides is 3. The molecule has 1 atom stereocenters. The van der Waals surface area contributed by atoms with Gasteiger partial charge in [-0.05, 0) is 27.2 Å². The van der Waals surface area contributed by atoms with Gasteiger partial charge in [0.25, 0.3) is 0 Å². The van der Waals surface area contributed by atoms with E-state index in [0.717, 1.165) is 0 Å². The molecular formula is C9H15F3NO3-. The highest BCUT2D eigenvalue weighted by Crippen LogP contribution is 2.31. The normalized spacial score (nSPS) is 14.7. The zero-order valence-corrected chi connectivity index (χ0v) is 9.34. The first-order valence-corrected chi connectivity index (χ1v) is 4.69. The van der Waals surface area contributed by atoms with Crippen LogP contribution in [0.5, 0.6) is 0 Å². The number of amides is 1. The van der Waals surface area contributed by atoms with Crippen molar-refractivity contribution in [2.45, 2.75) is 44.9 Å². The van der Waals surface area contributed by atoms with Gasteiger partial charge in [-0.1, -0.05) is 0 Å². The van der Waals surface area contributed by atoms with E-state index in [0.29, 0.717) is 0 Å². The zero-order chi connectivity index (χ0) is 13.1. The molecule has 0 aromatic carbocycles. The van der Waals surface area contributed by atoms with E-state index in [2.05, 4.69) is 0 Å². The first-order chi connectivity index (χ1) is 7.01. The van der Waals surface area contributed by atoms with Gasteiger partial charge in [0.1, 0.15) is 12.1 Å². The molecule has 0 radical (unpaired) electrons. The zero-order valence-electron chi connectivity index (χ0n) is 9.34. The van der Waals surface area contributed by atoms with Crippen LogP contribution in [-0.2, 0) is 0 Å². The lowest BCUT2D eigenvalue weighted by molar-refractivity contribution is -0.288. The molecule has 1 amide bonds. The molecule has 7 heteroatoms. The quantitative estimate of drug-likeness (QED) is 0.794. The van der Waals surface area contributed by atoms with Crippen molar-refractivity contribution in [2.75, 3.05) is 6.61 Å². The average Bonchev–Trinajstić information content (AvgIpc) is 1.98. The summed E-state index contributed by atoms with van der Waals surface area (Å²) in [4.78, 5) is 11.0. The van der Waals surface area contributed by atoms with E-state index in [1.54, 1.807) is 0 Å². The Morgan fingerprint density at radius 3 is 2.00 bits per heavy atom. The van der Waals surface area contributed by atoms with Crippen LogP contribution >= 0.6 is 0 Å². The molecule has 0 aromatic heterocycles. The first-order valence-electron chi connectivity index (χ1n) is 4.69. The van der Waals surface area contributed by atoms with E-state index in [1.165, 1.54) is 20.8 Å². The molecule has 0 aromatic rings. The number of carbonyl (C=O) groups excluding carboxylic acids is 1. The Kier molecular flexibility index (Phi) is 4.60. The van der Waals surface area contributed by atoms with Gasteiger partial charge in [-0.2, -0.15) is 13.2 Å². The van der Waals surface area contributed by atoms with Crippen LogP contribution in [0.1, 0.15) is 27.2 Å². The van der Waals surface area contributed by atoms with Gasteiger partial charge in [0.2, 0.25) is 0 Å². The Balaban J connectivity index is 5.20. The number of aliphatic hydroxyl groups excluding tert-OH is 1. The van der Waals surface area contributed by atoms with Crippen LogP contribution in [0.4, 0.5) is 18.0 Å². The lowest BCUT2D eigenvalue weighted by Crippen LogP contribution is -2.60. The molecule has 0 aliphatic rings. The van der Waals surface area contributed by atoms with Gasteiger partial charge in [0.05, 0.1) is 0 Å². The van der Waals surface area contributed by atoms with E-state index in [1.807, 2.05) is 0 Å². The molecule has 1 unspecified atom stereocenters. The molecule has 1 N–H and O–H groups in total. The second-order valence-corrected chi connectivity index (χ2v) is 4.38. The fourth-order valence-corrected chi connectivity index (χ4v) is 1.43. The SMILES string of the molecule is CC(C)(C)N(C(=O)[O-])C(CCO)C(F)(F)F. The Hall–Kier alpha value is -0.980. The minimum Gasteiger partial charge on any atom is -0.530 e. The van der Waals surface area contributed by atoms with Crippen LogP contribution in [0, 0.1) is 0 Å². The van der Waals surface area contributed by atoms with Crippen LogP contribution in [-0.4, -0.2) is 40.5 Å². The summed E-state index contributed by atoms with van der Waals surface area (Å²) in [6.45, 7) is 3.25. The van der Waals surface area contributed by atoms with Crippen molar-refractivity contribution in [3.05, 3.63) is 0 Å². The van der Waals surface area contributed by atoms with E-state index in [-0.39, 0.29) is 4.90 Å². The molecule has 0 aliphatic carbocycles. The molecule has 96 valence electrons. The smallest absolute Gasteiger partial charge is 0.408 e. The Morgan fingerprint density at radius 1 is 1.38 bits per heavy atom. The summed E-state index contributed by atoms with van der Waals surface area (Å²) < 4.78 is 37.8. The van der Waals surface area contributed by atoms with Gasteiger partial charge in [0.15, 0.2) is 0 Å². The van der Waals surface area contributed by atoms with Crippen molar-refractivity contribution < 1.29 is 28.2 Å². The summed E-state index contributed by atoms with van der Waals surface area (Å²) in [5.41, 5.74) is -1.24. The van der Waals surface area contributed by atoms with E-state index >= 15 is 0 Å². The van der Waals surface area contributed by atoms with Gasteiger partial charge < -0.3 is 19.9 Å². The lowest BCUT2D eigenvalue weighted by atomic mass is 10.0. The van der Waals surface area contributed by atoms with Crippen LogP contribution in [0.15, 0.2) is 0 Å². The first kappa shape index (κ1) is 15.0. The van der Waals surface area contributed by atoms with Gasteiger partial charge >= 0.3 is 6.18 Å². The maximum Gasteiger partial charge on any atom is 0.408 e. The molecule has 0 saturated carbocycles. The maximum absolute atomic E-state index is 12.6. The van der Waals surface area contributed by atoms with Crippen molar-refractivity contribution in [1.29, 1.82) is 0 Å². The molecule has 0 spiro atoms. The second kappa shape index (κ2) is 4.90. The molecule has 0 bridgehead atoms. The van der Waals surface area contributed by atoms with Crippen LogP contribution < -0.4 is 5.11 Å². The van der Waals surface area contributed by atoms with Gasteiger partial charge in [0, 0.05) is 12.1 Å². The summed E-state index contributed by atoms with van der Waals surface area (Å²) in [7, 11) is 0. The lowest BCUT2D eigenvalue weighted by Gasteiger charge is -2.44. The highest BCUT2D eigenvalue weighted by molar-refractivity contribution is 5.64. The minimum atomic E-state index is -4.73. The standard InChI is InChI=1S/C9H16F3NO3/c1-8(2,3)13(7(15)16)6(4-5-14)9(10,11)12/h6,14H,4-5H2,1-3H3,(H,15,16)/p-1. The second-order valence-electron chi connectivity index (χ2n) is 4.38. The van der Waals surface area contributed by atoms with Crippen molar-refractivity contribution in [3.63, 3.8) is 0 Å². The van der Waals surface area contributed by atoms with Gasteiger partial charge in [-0.15, -0.1) is 0 Å². The fourth-order valence-electron chi connectivity index (χ4n) is 1.43. The monoisotopic (exact) mass is 242 g/mol. The van der Waals surface area contributed by atoms with Crippen molar-refractivity contribution >= 4 is 6.09 Å². The van der Waals surface area contributed by atoms with Crippen LogP contribution in [0.3, 0.4) is 0 Å². The third-order valence-electron chi connectivity index (χ3n) is 2.01. The predicted molar refractivity (Wildman–Crippen MR) is 48.5 cm³/mol. The Bertz CT molecular complexity index is 247. The number of carboxylic acid groups (broad SMARTS) is 1. The van der Waals surface area contributed by atoms with Crippen LogP contribution in [0.25, 0.3) is 0 Å². The largest absolute Gasteiger partial charge is 0.530 e. The summed E-state index contributed by atoms with van der Waals surface area (Å²) in [6, 6.07) is -2.25. The van der Waals surface area contributed by atoms with E-state index in [4.69, 9.17) is 5.11 Å². The van der Waals surface area contributed by atoms with Crippen molar-refractivity contribution in [2.24, 2.45) is 0 Å². The third-order valence-corrected chi connectivity index (χ3v) is 2.01. The molecular weight excluding hydrogens is 227 g/mol. The minimum absolute atomic E-state index is 0.212. The molecule has 0 heterocycles. The Morgan fingerprint density at radius 2 is 1.81 bits per heavy atom.